The fourth-order valence-electron chi connectivity index (χ4n) is 7.88. The average Bonchev–Trinajstić information content (AvgIpc) is 4.06. The number of hydrogen-bond donors (Lipinski definition) is 0. The lowest BCUT2D eigenvalue weighted by Gasteiger charge is -2.29. The van der Waals surface area contributed by atoms with Crippen LogP contribution in [0.1, 0.15) is 117 Å². The number of likely N-dealkylation sites (tertiary alicyclic amines) is 2. The predicted molar refractivity (Wildman–Crippen MR) is 190 cm³/mol. The second-order valence-electron chi connectivity index (χ2n) is 17.2. The Bertz CT molecular complexity index is 1680. The summed E-state index contributed by atoms with van der Waals surface area (Å²) in [5.41, 5.74) is 1.67. The van der Waals surface area contributed by atoms with Gasteiger partial charge in [-0.2, -0.15) is 0 Å². The SMILES string of the molecule is CC(C)(C)OC(=O)N1[C@@H]2C[C@@H]2C[C@H]1C(=O)OCC(=O)c1ccc([C@H]2C[C@@H]2c2ccc(C(=O)COC(=O)[C@@H]3C[C@H]4C[C@H]4N3C(=O)OC(C)(C)C)cc2)cc1. The Kier molecular flexibility index (Phi) is 9.39. The number of esters is 2. The van der Waals surface area contributed by atoms with E-state index in [2.05, 4.69) is 0 Å². The first-order chi connectivity index (χ1) is 25.0. The normalized spacial score (nSPS) is 28.0. The highest BCUT2D eigenvalue weighted by atomic mass is 16.6. The Morgan fingerprint density at radius 1 is 0.547 bits per heavy atom. The maximum atomic E-state index is 12.9. The van der Waals surface area contributed by atoms with E-state index >= 15 is 0 Å². The molecule has 0 radical (unpaired) electrons. The Labute approximate surface area is 309 Å². The van der Waals surface area contributed by atoms with Gasteiger partial charge in [0.25, 0.3) is 0 Å². The first kappa shape index (κ1) is 36.6. The quantitative estimate of drug-likeness (QED) is 0.157. The monoisotopic (exact) mass is 728 g/mol. The first-order valence-corrected chi connectivity index (χ1v) is 18.6. The molecule has 0 unspecified atom stereocenters. The summed E-state index contributed by atoms with van der Waals surface area (Å²) in [6, 6.07) is 13.1. The molecule has 0 N–H and O–H groups in total. The number of ketones is 2. The molecule has 12 heteroatoms. The van der Waals surface area contributed by atoms with Crippen LogP contribution in [-0.4, -0.2) is 94.1 Å². The number of ether oxygens (including phenoxy) is 4. The molecule has 2 aliphatic heterocycles. The Balaban J connectivity index is 0.863. The highest BCUT2D eigenvalue weighted by Crippen LogP contribution is 2.54. The van der Waals surface area contributed by atoms with Crippen molar-refractivity contribution in [3.8, 4) is 0 Å². The smallest absolute Gasteiger partial charge is 0.411 e. The fourth-order valence-corrected chi connectivity index (χ4v) is 7.88. The number of rotatable bonds is 10. The molecule has 0 bridgehead atoms. The van der Waals surface area contributed by atoms with E-state index in [1.807, 2.05) is 24.3 Å². The molecule has 5 aliphatic rings. The number of Topliss-reactive ketones (excluding diaryl/α,β-unsaturated/α-hetero) is 2. The van der Waals surface area contributed by atoms with E-state index in [1.165, 1.54) is 9.80 Å². The van der Waals surface area contributed by atoms with E-state index in [9.17, 15) is 28.8 Å². The van der Waals surface area contributed by atoms with Crippen molar-refractivity contribution < 1.29 is 47.7 Å². The van der Waals surface area contributed by atoms with Crippen molar-refractivity contribution in [2.45, 2.75) is 121 Å². The summed E-state index contributed by atoms with van der Waals surface area (Å²) < 4.78 is 21.8. The third-order valence-corrected chi connectivity index (χ3v) is 10.8. The number of nitrogens with zero attached hydrogens (tertiary/aromatic N) is 2. The van der Waals surface area contributed by atoms with Gasteiger partial charge in [-0.25, -0.2) is 19.2 Å². The zero-order valence-electron chi connectivity index (χ0n) is 31.2. The van der Waals surface area contributed by atoms with Gasteiger partial charge in [0.05, 0.1) is 0 Å². The lowest BCUT2D eigenvalue weighted by Crippen LogP contribution is -2.46. The fraction of sp³-hybridized carbons (Fsp3) is 0.561. The maximum Gasteiger partial charge on any atom is 0.411 e. The zero-order chi connectivity index (χ0) is 38.0. The number of carbonyl (C=O) groups is 6. The average molecular weight is 729 g/mol. The summed E-state index contributed by atoms with van der Waals surface area (Å²) in [5.74, 6) is -0.773. The third kappa shape index (κ3) is 8.11. The molecule has 0 spiro atoms. The summed E-state index contributed by atoms with van der Waals surface area (Å²) in [7, 11) is 0. The number of piperidine rings is 2. The van der Waals surface area contributed by atoms with Gasteiger partial charge in [-0.3, -0.25) is 19.4 Å². The van der Waals surface area contributed by atoms with Crippen LogP contribution < -0.4 is 0 Å². The Morgan fingerprint density at radius 2 is 0.906 bits per heavy atom. The highest BCUT2D eigenvalue weighted by Gasteiger charge is 2.59. The number of fused-ring (bicyclic) bond motifs is 2. The van der Waals surface area contributed by atoms with Gasteiger partial charge >= 0.3 is 24.1 Å². The molecule has 3 saturated carbocycles. The van der Waals surface area contributed by atoms with Gasteiger partial charge in [0, 0.05) is 23.2 Å². The molecule has 7 rings (SSSR count). The first-order valence-electron chi connectivity index (χ1n) is 18.6. The van der Waals surface area contributed by atoms with Gasteiger partial charge < -0.3 is 18.9 Å². The van der Waals surface area contributed by atoms with Crippen molar-refractivity contribution in [2.24, 2.45) is 11.8 Å². The molecule has 282 valence electrons. The van der Waals surface area contributed by atoms with E-state index in [1.54, 1.807) is 65.8 Å². The molecule has 8 atom stereocenters. The molecule has 2 aromatic rings. The number of amides is 2. The van der Waals surface area contributed by atoms with E-state index in [-0.39, 0.29) is 47.3 Å². The van der Waals surface area contributed by atoms with Gasteiger partial charge in [-0.05, 0) is 108 Å². The Morgan fingerprint density at radius 3 is 1.25 bits per heavy atom. The van der Waals surface area contributed by atoms with Gasteiger partial charge in [0.1, 0.15) is 23.3 Å². The van der Waals surface area contributed by atoms with E-state index in [4.69, 9.17) is 18.9 Å². The van der Waals surface area contributed by atoms with Crippen LogP contribution in [0.5, 0.6) is 0 Å². The standard InChI is InChI=1S/C41H48N2O10/c1-40(2,3)52-38(48)42-30-15-26(30)17-32(42)36(46)50-20-34(44)24-11-7-22(8-12-24)28-19-29(28)23-9-13-25(14-10-23)35(45)21-51-37(47)33-18-27-16-31(27)43(33)39(49)53-41(4,5)6/h7-14,26-33H,15-21H2,1-6H3/t26-,27-,28-,29-,30-,31-,32+,33+/m1/s1. The van der Waals surface area contributed by atoms with E-state index in [0.717, 1.165) is 30.4 Å². The van der Waals surface area contributed by atoms with Crippen molar-refractivity contribution in [3.05, 3.63) is 70.8 Å². The molecule has 2 heterocycles. The minimum Gasteiger partial charge on any atom is -0.456 e. The topological polar surface area (TPSA) is 146 Å². The summed E-state index contributed by atoms with van der Waals surface area (Å²) in [6.07, 6.45) is 2.59. The van der Waals surface area contributed by atoms with Crippen molar-refractivity contribution in [2.75, 3.05) is 13.2 Å². The third-order valence-electron chi connectivity index (χ3n) is 10.8. The molecule has 2 aromatic carbocycles. The van der Waals surface area contributed by atoms with Gasteiger partial charge in [0.15, 0.2) is 24.8 Å². The van der Waals surface area contributed by atoms with Crippen LogP contribution in [0.2, 0.25) is 0 Å². The maximum absolute atomic E-state index is 12.9. The summed E-state index contributed by atoms with van der Waals surface area (Å²) in [4.78, 5) is 80.1. The largest absolute Gasteiger partial charge is 0.456 e. The van der Waals surface area contributed by atoms with Crippen LogP contribution in [0.3, 0.4) is 0 Å². The highest BCUT2D eigenvalue weighted by molar-refractivity contribution is 5.99. The molecule has 5 fully saturated rings. The number of carbonyl (C=O) groups excluding carboxylic acids is 6. The lowest BCUT2D eigenvalue weighted by atomic mass is 10.0. The minimum atomic E-state index is -0.744. The second kappa shape index (κ2) is 13.6. The lowest BCUT2D eigenvalue weighted by molar-refractivity contribution is -0.148. The van der Waals surface area contributed by atoms with Gasteiger partial charge in [-0.1, -0.05) is 48.5 Å². The van der Waals surface area contributed by atoms with Crippen molar-refractivity contribution in [1.29, 1.82) is 0 Å². The van der Waals surface area contributed by atoms with Crippen LogP contribution in [0.25, 0.3) is 0 Å². The van der Waals surface area contributed by atoms with Crippen molar-refractivity contribution in [1.82, 2.24) is 9.80 Å². The summed E-state index contributed by atoms with van der Waals surface area (Å²) >= 11 is 0. The summed E-state index contributed by atoms with van der Waals surface area (Å²) in [5, 5.41) is 0. The molecular weight excluding hydrogens is 680 g/mol. The van der Waals surface area contributed by atoms with Gasteiger partial charge in [-0.15, -0.1) is 0 Å². The molecule has 3 aliphatic carbocycles. The van der Waals surface area contributed by atoms with Crippen molar-refractivity contribution >= 4 is 35.7 Å². The van der Waals surface area contributed by atoms with Crippen LogP contribution in [0, 0.1) is 11.8 Å². The molecule has 0 aromatic heterocycles. The van der Waals surface area contributed by atoms with Crippen LogP contribution in [-0.2, 0) is 28.5 Å². The van der Waals surface area contributed by atoms with Gasteiger partial charge in [0.2, 0.25) is 0 Å². The molecule has 2 amide bonds. The van der Waals surface area contributed by atoms with E-state index < -0.39 is 60.6 Å². The van der Waals surface area contributed by atoms with Crippen LogP contribution >= 0.6 is 0 Å². The summed E-state index contributed by atoms with van der Waals surface area (Å²) in [6.45, 7) is 9.86. The predicted octanol–water partition coefficient (Wildman–Crippen LogP) is 6.21. The Hall–Kier alpha value is -4.74. The number of benzene rings is 2. The van der Waals surface area contributed by atoms with Crippen molar-refractivity contribution in [3.63, 3.8) is 0 Å². The molecule has 2 saturated heterocycles. The van der Waals surface area contributed by atoms with E-state index in [0.29, 0.717) is 24.0 Å². The number of hydrogen-bond acceptors (Lipinski definition) is 10. The zero-order valence-corrected chi connectivity index (χ0v) is 31.2. The molecular formula is C41H48N2O10. The second-order valence-corrected chi connectivity index (χ2v) is 17.2. The van der Waals surface area contributed by atoms with Crippen LogP contribution in [0.15, 0.2) is 48.5 Å². The minimum absolute atomic E-state index is 0.0119. The molecule has 53 heavy (non-hydrogen) atoms. The molecule has 12 nitrogen and oxygen atoms in total. The van der Waals surface area contributed by atoms with Crippen LogP contribution in [0.4, 0.5) is 9.59 Å².